The van der Waals surface area contributed by atoms with E-state index in [1.165, 1.54) is 12.8 Å². The molecule has 8 heteroatoms. The van der Waals surface area contributed by atoms with Crippen LogP contribution in [-0.4, -0.2) is 81.0 Å². The molecule has 8 nitrogen and oxygen atoms in total. The summed E-state index contributed by atoms with van der Waals surface area (Å²) < 4.78 is 11.9. The van der Waals surface area contributed by atoms with Crippen LogP contribution in [0.5, 0.6) is 5.75 Å². The maximum atomic E-state index is 13.2. The number of aliphatic hydroxyl groups is 1. The quantitative estimate of drug-likeness (QED) is 0.546. The van der Waals surface area contributed by atoms with Gasteiger partial charge in [0.05, 0.1) is 25.0 Å². The van der Waals surface area contributed by atoms with Gasteiger partial charge in [0.2, 0.25) is 0 Å². The third-order valence-electron chi connectivity index (χ3n) is 7.93. The number of hydrogen-bond acceptors (Lipinski definition) is 7. The smallest absolute Gasteiger partial charge is 0.265 e. The summed E-state index contributed by atoms with van der Waals surface area (Å²) in [5.41, 5.74) is 4.89. The number of amides is 1. The summed E-state index contributed by atoms with van der Waals surface area (Å²) in [6.07, 6.45) is 2.68. The first-order chi connectivity index (χ1) is 18.5. The molecule has 2 aromatic carbocycles. The van der Waals surface area contributed by atoms with Crippen molar-refractivity contribution in [3.05, 3.63) is 47.5 Å². The highest BCUT2D eigenvalue weighted by Gasteiger charge is 2.31. The molecule has 2 atom stereocenters. The molecule has 0 bridgehead atoms. The van der Waals surface area contributed by atoms with Gasteiger partial charge in [-0.15, -0.1) is 0 Å². The van der Waals surface area contributed by atoms with Crippen molar-refractivity contribution in [1.29, 1.82) is 0 Å². The van der Waals surface area contributed by atoms with Crippen molar-refractivity contribution in [3.63, 3.8) is 0 Å². The third-order valence-corrected chi connectivity index (χ3v) is 7.93. The maximum Gasteiger partial charge on any atom is 0.265 e. The molecule has 0 aromatic heterocycles. The Hall–Kier alpha value is -2.81. The van der Waals surface area contributed by atoms with Gasteiger partial charge >= 0.3 is 0 Å². The number of aryl methyl sites for hydroxylation is 1. The zero-order valence-electron chi connectivity index (χ0n) is 22.8. The fourth-order valence-electron chi connectivity index (χ4n) is 5.56. The Morgan fingerprint density at radius 1 is 1.05 bits per heavy atom. The van der Waals surface area contributed by atoms with E-state index in [0.29, 0.717) is 6.42 Å². The number of nitrogens with one attached hydrogen (secondary N) is 1. The average molecular weight is 523 g/mol. The van der Waals surface area contributed by atoms with Crippen LogP contribution in [0.2, 0.25) is 0 Å². The predicted molar refractivity (Wildman–Crippen MR) is 151 cm³/mol. The molecule has 2 fully saturated rings. The van der Waals surface area contributed by atoms with Gasteiger partial charge in [-0.2, -0.15) is 0 Å². The Morgan fingerprint density at radius 3 is 2.47 bits per heavy atom. The molecule has 2 saturated heterocycles. The van der Waals surface area contributed by atoms with Crippen molar-refractivity contribution < 1.29 is 19.4 Å². The van der Waals surface area contributed by atoms with Crippen LogP contribution in [0.25, 0.3) is 0 Å². The number of anilines is 3. The number of aliphatic hydroxyl groups excluding tert-OH is 1. The summed E-state index contributed by atoms with van der Waals surface area (Å²) in [5.74, 6) is 0.676. The molecule has 0 aliphatic carbocycles. The molecule has 3 heterocycles. The van der Waals surface area contributed by atoms with E-state index in [2.05, 4.69) is 33.0 Å². The van der Waals surface area contributed by atoms with Gasteiger partial charge in [-0.3, -0.25) is 9.69 Å². The average Bonchev–Trinajstić information content (AvgIpc) is 2.96. The summed E-state index contributed by atoms with van der Waals surface area (Å²) in [6, 6.07) is 12.1. The number of morpholine rings is 1. The zero-order valence-corrected chi connectivity index (χ0v) is 22.8. The first-order valence-electron chi connectivity index (χ1n) is 14.2. The standard InChI is InChI=1S/C30H42N4O4/c1-3-4-11-32-12-14-34(15-13-32)27-21-24(22(2)35)20-23-5-10-28(38-29(23)27)30(36)31-25-6-8-26(9-7-25)33-16-18-37-19-17-33/h6-9,20-22,28,35H,3-5,10-19H2,1-2H3,(H,31,36)/t22?,28-/m0/s1. The van der Waals surface area contributed by atoms with Crippen LogP contribution in [0.15, 0.2) is 36.4 Å². The van der Waals surface area contributed by atoms with Crippen LogP contribution in [0, 0.1) is 0 Å². The number of hydrogen-bond donors (Lipinski definition) is 2. The third kappa shape index (κ3) is 6.25. The van der Waals surface area contributed by atoms with Crippen molar-refractivity contribution in [2.24, 2.45) is 0 Å². The van der Waals surface area contributed by atoms with Crippen LogP contribution in [0.3, 0.4) is 0 Å². The summed E-state index contributed by atoms with van der Waals surface area (Å²) in [7, 11) is 0. The SMILES string of the molecule is CCCCN1CCN(c2cc(C(C)O)cc3c2O[C@H](C(=O)Nc2ccc(N4CCOCC4)cc2)CC3)CC1. The van der Waals surface area contributed by atoms with Crippen LogP contribution in [0.1, 0.15) is 50.3 Å². The topological polar surface area (TPSA) is 77.5 Å². The lowest BCUT2D eigenvalue weighted by molar-refractivity contribution is -0.123. The first-order valence-corrected chi connectivity index (χ1v) is 14.2. The number of fused-ring (bicyclic) bond motifs is 1. The molecule has 38 heavy (non-hydrogen) atoms. The fourth-order valence-corrected chi connectivity index (χ4v) is 5.56. The van der Waals surface area contributed by atoms with E-state index in [0.717, 1.165) is 99.4 Å². The first kappa shape index (κ1) is 26.8. The van der Waals surface area contributed by atoms with Gasteiger partial charge in [0.25, 0.3) is 5.91 Å². The van der Waals surface area contributed by atoms with Gasteiger partial charge in [-0.05, 0) is 80.3 Å². The Kier molecular flexibility index (Phi) is 8.72. The lowest BCUT2D eigenvalue weighted by Gasteiger charge is -2.38. The Morgan fingerprint density at radius 2 is 1.79 bits per heavy atom. The number of piperazine rings is 1. The molecule has 3 aliphatic rings. The van der Waals surface area contributed by atoms with Crippen LogP contribution in [0.4, 0.5) is 17.1 Å². The van der Waals surface area contributed by atoms with E-state index < -0.39 is 12.2 Å². The highest BCUT2D eigenvalue weighted by molar-refractivity contribution is 5.95. The second-order valence-corrected chi connectivity index (χ2v) is 10.7. The largest absolute Gasteiger partial charge is 0.478 e. The number of unbranched alkanes of at least 4 members (excludes halogenated alkanes) is 1. The molecule has 1 unspecified atom stereocenters. The van der Waals surface area contributed by atoms with Crippen molar-refractivity contribution in [3.8, 4) is 5.75 Å². The Balaban J connectivity index is 1.27. The minimum Gasteiger partial charge on any atom is -0.478 e. The number of rotatable bonds is 8. The maximum absolute atomic E-state index is 13.2. The van der Waals surface area contributed by atoms with E-state index in [9.17, 15) is 9.90 Å². The van der Waals surface area contributed by atoms with Crippen LogP contribution < -0.4 is 19.9 Å². The summed E-state index contributed by atoms with van der Waals surface area (Å²) >= 11 is 0. The predicted octanol–water partition coefficient (Wildman–Crippen LogP) is 3.83. The van der Waals surface area contributed by atoms with Crippen LogP contribution in [-0.2, 0) is 16.0 Å². The zero-order chi connectivity index (χ0) is 26.5. The number of carbonyl (C=O) groups is 1. The van der Waals surface area contributed by atoms with E-state index in [1.54, 1.807) is 6.92 Å². The Labute approximate surface area is 226 Å². The minimum absolute atomic E-state index is 0.121. The number of nitrogens with zero attached hydrogens (tertiary/aromatic N) is 3. The van der Waals surface area contributed by atoms with Gasteiger partial charge in [0, 0.05) is 50.6 Å². The van der Waals surface area contributed by atoms with Crippen molar-refractivity contribution in [1.82, 2.24) is 4.90 Å². The molecule has 2 N–H and O–H groups in total. The van der Waals surface area contributed by atoms with Gasteiger partial charge in [0.1, 0.15) is 5.75 Å². The second-order valence-electron chi connectivity index (χ2n) is 10.7. The van der Waals surface area contributed by atoms with Gasteiger partial charge < -0.3 is 29.7 Å². The van der Waals surface area contributed by atoms with Gasteiger partial charge in [-0.1, -0.05) is 13.3 Å². The van der Waals surface area contributed by atoms with Crippen molar-refractivity contribution >= 4 is 23.0 Å². The van der Waals surface area contributed by atoms with Crippen molar-refractivity contribution in [2.45, 2.75) is 51.7 Å². The van der Waals surface area contributed by atoms with Gasteiger partial charge in [-0.25, -0.2) is 0 Å². The van der Waals surface area contributed by atoms with Crippen LogP contribution >= 0.6 is 0 Å². The second kappa shape index (κ2) is 12.4. The highest BCUT2D eigenvalue weighted by Crippen LogP contribution is 2.40. The van der Waals surface area contributed by atoms with E-state index >= 15 is 0 Å². The minimum atomic E-state index is -0.552. The molecule has 1 amide bonds. The molecular weight excluding hydrogens is 480 g/mol. The Bertz CT molecular complexity index is 1080. The molecule has 0 radical (unpaired) electrons. The lowest BCUT2D eigenvalue weighted by atomic mass is 9.96. The summed E-state index contributed by atoms with van der Waals surface area (Å²) in [6.45, 7) is 12.3. The molecule has 5 rings (SSSR count). The van der Waals surface area contributed by atoms with E-state index in [1.807, 2.05) is 30.3 Å². The lowest BCUT2D eigenvalue weighted by Crippen LogP contribution is -2.47. The summed E-state index contributed by atoms with van der Waals surface area (Å²) in [4.78, 5) is 20.4. The molecule has 3 aliphatic heterocycles. The molecular formula is C30H42N4O4. The molecule has 2 aromatic rings. The fraction of sp³-hybridized carbons (Fsp3) is 0.567. The normalized spacial score (nSPS) is 21.0. The monoisotopic (exact) mass is 522 g/mol. The number of carbonyl (C=O) groups excluding carboxylic acids is 1. The molecule has 206 valence electrons. The highest BCUT2D eigenvalue weighted by atomic mass is 16.5. The van der Waals surface area contributed by atoms with E-state index in [-0.39, 0.29) is 5.91 Å². The van der Waals surface area contributed by atoms with E-state index in [4.69, 9.17) is 9.47 Å². The van der Waals surface area contributed by atoms with Gasteiger partial charge in [0.15, 0.2) is 6.10 Å². The van der Waals surface area contributed by atoms with Crippen molar-refractivity contribution in [2.75, 3.05) is 74.1 Å². The number of benzene rings is 2. The molecule has 0 spiro atoms. The molecule has 0 saturated carbocycles. The summed E-state index contributed by atoms with van der Waals surface area (Å²) in [5, 5.41) is 13.4. The number of ether oxygens (including phenoxy) is 2.